The quantitative estimate of drug-likeness (QED) is 0.552. The second-order valence-corrected chi connectivity index (χ2v) is 11.4. The molecule has 2 heterocycles. The van der Waals surface area contributed by atoms with Crippen LogP contribution in [-0.2, 0) is 39.6 Å². The molecule has 0 spiro atoms. The number of hydrogen-bond acceptors (Lipinski definition) is 4. The lowest BCUT2D eigenvalue weighted by Gasteiger charge is -2.38. The molecule has 2 aromatic rings. The summed E-state index contributed by atoms with van der Waals surface area (Å²) in [6, 6.07) is 7.09. The zero-order valence-electron chi connectivity index (χ0n) is 19.0. The number of hydrogen-bond donors (Lipinski definition) is 1. The van der Waals surface area contributed by atoms with Crippen LogP contribution in [0.15, 0.2) is 41.3 Å². The molecule has 1 amide bonds. The molecule has 0 radical (unpaired) electrons. The fraction of sp³-hybridized carbons (Fsp3) is 0.435. The molecule has 1 N–H and O–H groups in total. The van der Waals surface area contributed by atoms with E-state index in [4.69, 9.17) is 11.6 Å². The number of nitrogens with zero attached hydrogens (tertiary/aromatic N) is 2. The van der Waals surface area contributed by atoms with Crippen LogP contribution in [0.25, 0.3) is 0 Å². The average Bonchev–Trinajstić information content (AvgIpc) is 2.82. The Labute approximate surface area is 213 Å². The first-order valence-electron chi connectivity index (χ1n) is 11.1. The van der Waals surface area contributed by atoms with Crippen molar-refractivity contribution in [3.63, 3.8) is 0 Å². The van der Waals surface area contributed by atoms with Crippen LogP contribution in [0.4, 0.5) is 26.3 Å². The predicted octanol–water partition coefficient (Wildman–Crippen LogP) is 4.48. The summed E-state index contributed by atoms with van der Waals surface area (Å²) in [6.45, 7) is -0.963. The van der Waals surface area contributed by atoms with Gasteiger partial charge in [0.1, 0.15) is 0 Å². The Kier molecular flexibility index (Phi) is 7.06. The first-order chi connectivity index (χ1) is 17.0. The number of benzene rings is 2. The minimum Gasteiger partial charge on any atom is -0.385 e. The van der Waals surface area contributed by atoms with Crippen LogP contribution in [0, 0.1) is 0 Å². The van der Waals surface area contributed by atoms with Gasteiger partial charge in [-0.05, 0) is 60.2 Å². The Morgan fingerprint density at radius 3 is 2.19 bits per heavy atom. The van der Waals surface area contributed by atoms with Crippen LogP contribution in [0.5, 0.6) is 0 Å². The summed E-state index contributed by atoms with van der Waals surface area (Å²) in [7, 11) is -4.14. The number of carbonyl (C=O) groups excluding carboxylic acids is 1. The zero-order chi connectivity index (χ0) is 27.4. The molecule has 4 rings (SSSR count). The topological polar surface area (TPSA) is 77.9 Å². The van der Waals surface area contributed by atoms with Crippen molar-refractivity contribution in [2.75, 3.05) is 19.6 Å². The number of aliphatic hydroxyl groups is 1. The Hall–Kier alpha value is -2.35. The van der Waals surface area contributed by atoms with Crippen LogP contribution in [-0.4, -0.2) is 54.4 Å². The van der Waals surface area contributed by atoms with Gasteiger partial charge in [-0.25, -0.2) is 8.42 Å². The summed E-state index contributed by atoms with van der Waals surface area (Å²) in [4.78, 5) is 12.0. The number of rotatable bonds is 3. The van der Waals surface area contributed by atoms with Crippen molar-refractivity contribution < 1.29 is 44.7 Å². The van der Waals surface area contributed by atoms with Crippen LogP contribution < -0.4 is 0 Å². The van der Waals surface area contributed by atoms with Gasteiger partial charge in [0.15, 0.2) is 0 Å². The van der Waals surface area contributed by atoms with Gasteiger partial charge < -0.3 is 10.0 Å². The molecular formula is C23H21ClF6N2O4S. The Morgan fingerprint density at radius 1 is 0.946 bits per heavy atom. The number of alkyl halides is 6. The van der Waals surface area contributed by atoms with E-state index in [1.807, 2.05) is 0 Å². The fourth-order valence-electron chi connectivity index (χ4n) is 4.61. The first kappa shape index (κ1) is 27.7. The number of fused-ring (bicyclic) bond motifs is 1. The molecule has 14 heteroatoms. The smallest absolute Gasteiger partial charge is 0.385 e. The Bertz CT molecular complexity index is 1320. The third-order valence-electron chi connectivity index (χ3n) is 6.72. The number of piperidine rings is 1. The summed E-state index contributed by atoms with van der Waals surface area (Å²) in [5.41, 5.74) is -1.96. The fourth-order valence-corrected chi connectivity index (χ4v) is 6.33. The first-order valence-corrected chi connectivity index (χ1v) is 12.9. The second-order valence-electron chi connectivity index (χ2n) is 9.03. The lowest BCUT2D eigenvalue weighted by Crippen LogP contribution is -2.45. The average molecular weight is 571 g/mol. The Morgan fingerprint density at radius 2 is 1.59 bits per heavy atom. The molecule has 0 bridgehead atoms. The summed E-state index contributed by atoms with van der Waals surface area (Å²) in [5, 5.41) is 10.5. The highest BCUT2D eigenvalue weighted by Crippen LogP contribution is 2.40. The zero-order valence-corrected chi connectivity index (χ0v) is 20.6. The SMILES string of the molecule is O=C(N1CCc2ccc(S(=O)(=O)N3CCC(O)(c4ccc(Cl)c(C(F)(F)F)c4)CC3)cc2C1)C(F)(F)F. The molecule has 2 aliphatic rings. The molecule has 37 heavy (non-hydrogen) atoms. The molecule has 0 atom stereocenters. The minimum absolute atomic E-state index is 0.0375. The highest BCUT2D eigenvalue weighted by molar-refractivity contribution is 7.89. The third kappa shape index (κ3) is 5.45. The second kappa shape index (κ2) is 9.44. The van der Waals surface area contributed by atoms with Crippen LogP contribution >= 0.6 is 11.6 Å². The van der Waals surface area contributed by atoms with Gasteiger partial charge in [-0.1, -0.05) is 23.7 Å². The van der Waals surface area contributed by atoms with E-state index in [-0.39, 0.29) is 54.9 Å². The molecule has 6 nitrogen and oxygen atoms in total. The van der Waals surface area contributed by atoms with Gasteiger partial charge in [-0.15, -0.1) is 0 Å². The van der Waals surface area contributed by atoms with Gasteiger partial charge in [0.05, 0.1) is 21.1 Å². The highest BCUT2D eigenvalue weighted by Gasteiger charge is 2.44. The molecule has 0 saturated carbocycles. The monoisotopic (exact) mass is 570 g/mol. The maximum absolute atomic E-state index is 13.2. The molecular weight excluding hydrogens is 550 g/mol. The molecule has 1 fully saturated rings. The van der Waals surface area contributed by atoms with Gasteiger partial charge >= 0.3 is 18.3 Å². The van der Waals surface area contributed by atoms with Crippen molar-refractivity contribution in [2.45, 2.75) is 48.7 Å². The number of sulfonamides is 1. The third-order valence-corrected chi connectivity index (χ3v) is 8.94. The summed E-state index contributed by atoms with van der Waals surface area (Å²) in [6.07, 6.45) is -10.0. The largest absolute Gasteiger partial charge is 0.471 e. The summed E-state index contributed by atoms with van der Waals surface area (Å²) in [5.74, 6) is -2.00. The van der Waals surface area contributed by atoms with Crippen molar-refractivity contribution in [2.24, 2.45) is 0 Å². The normalized spacial score (nSPS) is 19.0. The lowest BCUT2D eigenvalue weighted by atomic mass is 9.84. The van der Waals surface area contributed by atoms with E-state index < -0.39 is 51.0 Å². The minimum atomic E-state index is -5.04. The van der Waals surface area contributed by atoms with Gasteiger partial charge in [0, 0.05) is 26.2 Å². The number of carbonyl (C=O) groups is 1. The molecule has 202 valence electrons. The molecule has 2 aliphatic heterocycles. The number of amides is 1. The predicted molar refractivity (Wildman–Crippen MR) is 120 cm³/mol. The van der Waals surface area contributed by atoms with Gasteiger partial charge in [0.2, 0.25) is 10.0 Å². The molecule has 1 saturated heterocycles. The van der Waals surface area contributed by atoms with Crippen LogP contribution in [0.2, 0.25) is 5.02 Å². The van der Waals surface area contributed by atoms with Crippen LogP contribution in [0.3, 0.4) is 0 Å². The van der Waals surface area contributed by atoms with Crippen molar-refractivity contribution >= 4 is 27.5 Å². The van der Waals surface area contributed by atoms with E-state index in [0.717, 1.165) is 16.4 Å². The van der Waals surface area contributed by atoms with Gasteiger partial charge in [0.25, 0.3) is 0 Å². The van der Waals surface area contributed by atoms with Crippen molar-refractivity contribution in [1.82, 2.24) is 9.21 Å². The van der Waals surface area contributed by atoms with Crippen molar-refractivity contribution in [3.8, 4) is 0 Å². The standard InChI is InChI=1S/C23H21ClF6N2O4S/c24-19-4-2-16(12-18(19)22(25,26)27)21(34)6-9-32(10-7-21)37(35,36)17-3-1-14-5-8-31(13-15(14)11-17)20(33)23(28,29)30/h1-4,11-12,34H,5-10,13H2. The van der Waals surface area contributed by atoms with Crippen LogP contribution in [0.1, 0.15) is 35.1 Å². The van der Waals surface area contributed by atoms with Crippen molar-refractivity contribution in [1.29, 1.82) is 0 Å². The number of halogens is 7. The van der Waals surface area contributed by atoms with E-state index >= 15 is 0 Å². The lowest BCUT2D eigenvalue weighted by molar-refractivity contribution is -0.186. The maximum Gasteiger partial charge on any atom is 0.471 e. The van der Waals surface area contributed by atoms with Gasteiger partial charge in [-0.3, -0.25) is 4.79 Å². The highest BCUT2D eigenvalue weighted by atomic mass is 35.5. The molecule has 2 aromatic carbocycles. The summed E-state index contributed by atoms with van der Waals surface area (Å²) < 4.78 is 106. The molecule has 0 aliphatic carbocycles. The summed E-state index contributed by atoms with van der Waals surface area (Å²) >= 11 is 5.65. The van der Waals surface area contributed by atoms with Gasteiger partial charge in [-0.2, -0.15) is 30.6 Å². The van der Waals surface area contributed by atoms with E-state index in [9.17, 15) is 44.7 Å². The van der Waals surface area contributed by atoms with E-state index in [1.165, 1.54) is 24.3 Å². The van der Waals surface area contributed by atoms with E-state index in [2.05, 4.69) is 0 Å². The maximum atomic E-state index is 13.2. The van der Waals surface area contributed by atoms with Crippen molar-refractivity contribution in [3.05, 3.63) is 63.7 Å². The Balaban J connectivity index is 1.52. The molecule has 0 unspecified atom stereocenters. The van der Waals surface area contributed by atoms with E-state index in [1.54, 1.807) is 0 Å². The van der Waals surface area contributed by atoms with E-state index in [0.29, 0.717) is 10.5 Å². The molecule has 0 aromatic heterocycles.